The summed E-state index contributed by atoms with van der Waals surface area (Å²) in [6.07, 6.45) is 2.21. The van der Waals surface area contributed by atoms with Crippen molar-refractivity contribution >= 4 is 27.5 Å². The van der Waals surface area contributed by atoms with E-state index in [2.05, 4.69) is 15.0 Å². The van der Waals surface area contributed by atoms with Crippen LogP contribution in [0.1, 0.15) is 12.8 Å². The number of amides is 1. The van der Waals surface area contributed by atoms with E-state index in [1.807, 2.05) is 0 Å². The molecule has 6 nitrogen and oxygen atoms in total. The number of carbonyl (C=O) groups excluding carboxylic acids is 1. The highest BCUT2D eigenvalue weighted by atomic mass is 35.5. The summed E-state index contributed by atoms with van der Waals surface area (Å²) >= 11 is 5.75. The third kappa shape index (κ3) is 2.98. The molecule has 98 valence electrons. The van der Waals surface area contributed by atoms with E-state index in [-0.39, 0.29) is 28.5 Å². The monoisotopic (exact) mass is 289 g/mol. The number of nitrogens with zero attached hydrogens (tertiary/aromatic N) is 1. The summed E-state index contributed by atoms with van der Waals surface area (Å²) < 4.78 is 26.6. The molecule has 1 fully saturated rings. The maximum Gasteiger partial charge on any atom is 0.243 e. The second-order valence-electron chi connectivity index (χ2n) is 3.95. The van der Waals surface area contributed by atoms with Crippen LogP contribution in [-0.4, -0.2) is 31.9 Å². The summed E-state index contributed by atoms with van der Waals surface area (Å²) in [5.41, 5.74) is 0. The van der Waals surface area contributed by atoms with Crippen LogP contribution in [-0.2, 0) is 14.8 Å². The SMILES string of the molecule is O=C1CCC(NS(=O)(=O)c2cccnc2Cl)CN1. The van der Waals surface area contributed by atoms with Crippen molar-refractivity contribution in [3.8, 4) is 0 Å². The Morgan fingerprint density at radius 1 is 1.50 bits per heavy atom. The van der Waals surface area contributed by atoms with Crippen molar-refractivity contribution in [3.63, 3.8) is 0 Å². The van der Waals surface area contributed by atoms with Crippen molar-refractivity contribution in [2.45, 2.75) is 23.8 Å². The van der Waals surface area contributed by atoms with Gasteiger partial charge in [-0.3, -0.25) is 4.79 Å². The fourth-order valence-electron chi connectivity index (χ4n) is 1.69. The van der Waals surface area contributed by atoms with E-state index < -0.39 is 10.0 Å². The van der Waals surface area contributed by atoms with Crippen molar-refractivity contribution in [3.05, 3.63) is 23.5 Å². The number of rotatable bonds is 3. The van der Waals surface area contributed by atoms with Gasteiger partial charge in [-0.2, -0.15) is 0 Å². The van der Waals surface area contributed by atoms with Crippen LogP contribution in [0.4, 0.5) is 0 Å². The molecule has 2 N–H and O–H groups in total. The number of sulfonamides is 1. The van der Waals surface area contributed by atoms with Gasteiger partial charge >= 0.3 is 0 Å². The molecule has 1 aliphatic rings. The Balaban J connectivity index is 2.13. The second-order valence-corrected chi connectivity index (χ2v) is 5.99. The van der Waals surface area contributed by atoms with Crippen molar-refractivity contribution in [1.82, 2.24) is 15.0 Å². The van der Waals surface area contributed by atoms with Gasteiger partial charge in [-0.25, -0.2) is 18.1 Å². The zero-order valence-electron chi connectivity index (χ0n) is 9.39. The molecule has 1 aromatic rings. The fourth-order valence-corrected chi connectivity index (χ4v) is 3.41. The van der Waals surface area contributed by atoms with Gasteiger partial charge in [0.25, 0.3) is 0 Å². The number of carbonyl (C=O) groups is 1. The molecule has 1 unspecified atom stereocenters. The third-order valence-corrected chi connectivity index (χ3v) is 4.57. The van der Waals surface area contributed by atoms with Gasteiger partial charge in [-0.15, -0.1) is 0 Å². The molecule has 0 radical (unpaired) electrons. The summed E-state index contributed by atoms with van der Waals surface area (Å²) in [6.45, 7) is 0.288. The van der Waals surface area contributed by atoms with Crippen molar-refractivity contribution < 1.29 is 13.2 Å². The molecule has 1 atom stereocenters. The molecule has 1 saturated heterocycles. The summed E-state index contributed by atoms with van der Waals surface area (Å²) in [4.78, 5) is 14.7. The molecule has 0 aliphatic carbocycles. The van der Waals surface area contributed by atoms with E-state index >= 15 is 0 Å². The topological polar surface area (TPSA) is 88.2 Å². The highest BCUT2D eigenvalue weighted by Crippen LogP contribution is 2.18. The molecular weight excluding hydrogens is 278 g/mol. The molecule has 1 aromatic heterocycles. The highest BCUT2D eigenvalue weighted by molar-refractivity contribution is 7.89. The number of halogens is 1. The fraction of sp³-hybridized carbons (Fsp3) is 0.400. The number of aromatic nitrogens is 1. The van der Waals surface area contributed by atoms with Crippen LogP contribution in [0.15, 0.2) is 23.2 Å². The Morgan fingerprint density at radius 3 is 2.89 bits per heavy atom. The van der Waals surface area contributed by atoms with Gasteiger partial charge in [0.05, 0.1) is 0 Å². The Kier molecular flexibility index (Phi) is 3.84. The number of hydrogen-bond donors (Lipinski definition) is 2. The van der Waals surface area contributed by atoms with Crippen LogP contribution < -0.4 is 10.0 Å². The van der Waals surface area contributed by atoms with E-state index in [0.717, 1.165) is 0 Å². The average molecular weight is 290 g/mol. The van der Waals surface area contributed by atoms with Crippen LogP contribution >= 0.6 is 11.6 Å². The van der Waals surface area contributed by atoms with Gasteiger partial charge in [0.1, 0.15) is 10.0 Å². The quantitative estimate of drug-likeness (QED) is 0.783. The first-order valence-electron chi connectivity index (χ1n) is 5.38. The van der Waals surface area contributed by atoms with Crippen LogP contribution in [0.25, 0.3) is 0 Å². The minimum absolute atomic E-state index is 0.0523. The number of piperidine rings is 1. The number of hydrogen-bond acceptors (Lipinski definition) is 4. The third-order valence-electron chi connectivity index (χ3n) is 2.60. The van der Waals surface area contributed by atoms with E-state index in [1.54, 1.807) is 0 Å². The molecule has 1 amide bonds. The Labute approximate surface area is 110 Å². The summed E-state index contributed by atoms with van der Waals surface area (Å²) in [7, 11) is -3.70. The lowest BCUT2D eigenvalue weighted by Gasteiger charge is -2.23. The van der Waals surface area contributed by atoms with Crippen molar-refractivity contribution in [2.24, 2.45) is 0 Å². The minimum Gasteiger partial charge on any atom is -0.355 e. The predicted octanol–water partition coefficient (Wildman–Crippen LogP) is 0.292. The molecule has 0 bridgehead atoms. The normalized spacial score (nSPS) is 20.5. The molecule has 0 saturated carbocycles. The van der Waals surface area contributed by atoms with Crippen molar-refractivity contribution in [1.29, 1.82) is 0 Å². The Hall–Kier alpha value is -1.18. The molecule has 0 spiro atoms. The van der Waals surface area contributed by atoms with Crippen molar-refractivity contribution in [2.75, 3.05) is 6.54 Å². The lowest BCUT2D eigenvalue weighted by molar-refractivity contribution is -0.122. The van der Waals surface area contributed by atoms with E-state index in [9.17, 15) is 13.2 Å². The largest absolute Gasteiger partial charge is 0.355 e. The summed E-state index contributed by atoms with van der Waals surface area (Å²) in [5.74, 6) is -0.0649. The average Bonchev–Trinajstić information content (AvgIpc) is 2.32. The Morgan fingerprint density at radius 2 is 2.28 bits per heavy atom. The van der Waals surface area contributed by atoms with E-state index in [1.165, 1.54) is 18.3 Å². The summed E-state index contributed by atoms with van der Waals surface area (Å²) in [6, 6.07) is 2.58. The molecule has 2 heterocycles. The molecule has 0 aromatic carbocycles. The molecule has 8 heteroatoms. The Bertz CT molecular complexity index is 551. The van der Waals surface area contributed by atoms with E-state index in [4.69, 9.17) is 11.6 Å². The van der Waals surface area contributed by atoms with Crippen LogP contribution in [0.3, 0.4) is 0 Å². The van der Waals surface area contributed by atoms with Crippen LogP contribution in [0.2, 0.25) is 5.15 Å². The first kappa shape index (κ1) is 13.3. The van der Waals surface area contributed by atoms with E-state index in [0.29, 0.717) is 12.8 Å². The van der Waals surface area contributed by atoms with Gasteiger partial charge in [-0.1, -0.05) is 11.6 Å². The number of nitrogens with one attached hydrogen (secondary N) is 2. The maximum absolute atomic E-state index is 12.1. The predicted molar refractivity (Wildman–Crippen MR) is 65.6 cm³/mol. The standard InChI is InChI=1S/C10H12ClN3O3S/c11-10-8(2-1-5-12-10)18(16,17)14-7-3-4-9(15)13-6-7/h1-2,5,7,14H,3-4,6H2,(H,13,15). The van der Waals surface area contributed by atoms with Gasteiger partial charge in [0, 0.05) is 25.2 Å². The molecule has 2 rings (SSSR count). The highest BCUT2D eigenvalue weighted by Gasteiger charge is 2.25. The minimum atomic E-state index is -3.70. The first-order valence-corrected chi connectivity index (χ1v) is 7.25. The second kappa shape index (κ2) is 5.21. The van der Waals surface area contributed by atoms with Crippen LogP contribution in [0.5, 0.6) is 0 Å². The number of pyridine rings is 1. The van der Waals surface area contributed by atoms with Gasteiger partial charge in [-0.05, 0) is 18.6 Å². The molecule has 18 heavy (non-hydrogen) atoms. The van der Waals surface area contributed by atoms with Crippen LogP contribution in [0, 0.1) is 0 Å². The summed E-state index contributed by atoms with van der Waals surface area (Å²) in [5, 5.41) is 2.54. The van der Waals surface area contributed by atoms with Gasteiger partial charge in [0.2, 0.25) is 15.9 Å². The first-order chi connectivity index (χ1) is 8.49. The maximum atomic E-state index is 12.1. The lowest BCUT2D eigenvalue weighted by atomic mass is 10.1. The zero-order valence-corrected chi connectivity index (χ0v) is 11.0. The zero-order chi connectivity index (χ0) is 13.2. The smallest absolute Gasteiger partial charge is 0.243 e. The molecule has 1 aliphatic heterocycles. The van der Waals surface area contributed by atoms with Gasteiger partial charge < -0.3 is 5.32 Å². The lowest BCUT2D eigenvalue weighted by Crippen LogP contribution is -2.47. The van der Waals surface area contributed by atoms with Gasteiger partial charge in [0.15, 0.2) is 0 Å². The molecular formula is C10H12ClN3O3S.